The normalized spacial score (nSPS) is 16.5. The van der Waals surface area contributed by atoms with Crippen molar-refractivity contribution in [2.24, 2.45) is 0 Å². The molecule has 1 unspecified atom stereocenters. The molecule has 168 valence electrons. The summed E-state index contributed by atoms with van der Waals surface area (Å²) in [5, 5.41) is 15.2. The first-order chi connectivity index (χ1) is 15.3. The highest BCUT2D eigenvalue weighted by atomic mass is 16.5. The van der Waals surface area contributed by atoms with Crippen LogP contribution in [-0.2, 0) is 32.3 Å². The number of allylic oxidation sites excluding steroid dienone is 1. The second-order valence-corrected chi connectivity index (χ2v) is 7.33. The molecule has 11 nitrogen and oxygen atoms in total. The standard InChI is InChI=1S/C21H23N5O6/c1-25(10-18-23-20(24-32-18)14-5-3-13(11-27)4-6-14)15(12-28)9-19(30)26(2)16-7-8-17(29)22-21(16)31/h3-6,9,12,16,27H,7-8,10-11H2,1-2H3,(H,22,29,31)/b15-9+. The largest absolute Gasteiger partial charge is 0.392 e. The van der Waals surface area contributed by atoms with Crippen molar-refractivity contribution in [3.8, 4) is 11.4 Å². The van der Waals surface area contributed by atoms with Crippen LogP contribution in [0.1, 0.15) is 24.3 Å². The van der Waals surface area contributed by atoms with E-state index in [4.69, 9.17) is 9.63 Å². The first-order valence-electron chi connectivity index (χ1n) is 9.83. The third kappa shape index (κ3) is 5.24. The number of imide groups is 1. The summed E-state index contributed by atoms with van der Waals surface area (Å²) >= 11 is 0. The van der Waals surface area contributed by atoms with Crippen molar-refractivity contribution in [2.45, 2.75) is 32.0 Å². The number of benzene rings is 1. The molecule has 3 amide bonds. The van der Waals surface area contributed by atoms with E-state index in [-0.39, 0.29) is 43.5 Å². The molecule has 1 aromatic heterocycles. The number of likely N-dealkylation sites (N-methyl/N-ethyl adjacent to an activating group) is 2. The molecule has 0 bridgehead atoms. The number of aliphatic hydroxyl groups excluding tert-OH is 1. The molecule has 2 N–H and O–H groups in total. The van der Waals surface area contributed by atoms with Crippen LogP contribution in [0.3, 0.4) is 0 Å². The van der Waals surface area contributed by atoms with E-state index in [1.54, 1.807) is 31.3 Å². The molecule has 11 heteroatoms. The Morgan fingerprint density at radius 2 is 2.00 bits per heavy atom. The third-order valence-corrected chi connectivity index (χ3v) is 5.09. The van der Waals surface area contributed by atoms with Gasteiger partial charge in [0.1, 0.15) is 6.04 Å². The van der Waals surface area contributed by atoms with Crippen molar-refractivity contribution in [1.82, 2.24) is 25.3 Å². The maximum absolute atomic E-state index is 12.6. The van der Waals surface area contributed by atoms with Crippen molar-refractivity contribution in [1.29, 1.82) is 0 Å². The minimum atomic E-state index is -0.787. The fourth-order valence-electron chi connectivity index (χ4n) is 3.16. The molecule has 0 spiro atoms. The van der Waals surface area contributed by atoms with Gasteiger partial charge in [-0.25, -0.2) is 0 Å². The van der Waals surface area contributed by atoms with E-state index >= 15 is 0 Å². The molecule has 1 saturated heterocycles. The van der Waals surface area contributed by atoms with E-state index in [1.807, 2.05) is 0 Å². The lowest BCUT2D eigenvalue weighted by atomic mass is 10.0. The Morgan fingerprint density at radius 1 is 1.28 bits per heavy atom. The Kier molecular flexibility index (Phi) is 7.11. The number of amides is 3. The van der Waals surface area contributed by atoms with Crippen LogP contribution in [0, 0.1) is 0 Å². The fourth-order valence-corrected chi connectivity index (χ4v) is 3.16. The van der Waals surface area contributed by atoms with Gasteiger partial charge in [0.25, 0.3) is 0 Å². The minimum absolute atomic E-state index is 0.0567. The van der Waals surface area contributed by atoms with Crippen molar-refractivity contribution >= 4 is 24.0 Å². The Labute approximate surface area is 183 Å². The summed E-state index contributed by atoms with van der Waals surface area (Å²) in [6, 6.07) is 6.21. The molecule has 1 atom stereocenters. The number of nitrogens with zero attached hydrogens (tertiary/aromatic N) is 4. The number of carbonyl (C=O) groups excluding carboxylic acids is 4. The van der Waals surface area contributed by atoms with E-state index in [0.717, 1.165) is 11.6 Å². The number of piperidine rings is 1. The maximum Gasteiger partial charge on any atom is 0.249 e. The number of carbonyl (C=O) groups is 4. The lowest BCUT2D eigenvalue weighted by molar-refractivity contribution is -0.142. The van der Waals surface area contributed by atoms with Crippen LogP contribution in [-0.4, -0.2) is 69.2 Å². The quantitative estimate of drug-likeness (QED) is 0.328. The summed E-state index contributed by atoms with van der Waals surface area (Å²) in [7, 11) is 3.02. The van der Waals surface area contributed by atoms with Crippen LogP contribution in [0.2, 0.25) is 0 Å². The van der Waals surface area contributed by atoms with Crippen molar-refractivity contribution < 1.29 is 28.8 Å². The van der Waals surface area contributed by atoms with Crippen molar-refractivity contribution in [2.75, 3.05) is 14.1 Å². The number of aliphatic hydroxyl groups is 1. The molecule has 1 fully saturated rings. The van der Waals surface area contributed by atoms with Gasteiger partial charge < -0.3 is 19.4 Å². The van der Waals surface area contributed by atoms with Gasteiger partial charge in [-0.15, -0.1) is 0 Å². The topological polar surface area (TPSA) is 146 Å². The molecule has 2 aromatic rings. The van der Waals surface area contributed by atoms with Gasteiger partial charge in [0, 0.05) is 32.2 Å². The molecule has 1 aliphatic rings. The zero-order valence-corrected chi connectivity index (χ0v) is 17.6. The number of rotatable bonds is 8. The van der Waals surface area contributed by atoms with Crippen LogP contribution in [0.25, 0.3) is 11.4 Å². The molecule has 0 saturated carbocycles. The van der Waals surface area contributed by atoms with Gasteiger partial charge in [-0.2, -0.15) is 4.98 Å². The van der Waals surface area contributed by atoms with Crippen LogP contribution in [0.5, 0.6) is 0 Å². The maximum atomic E-state index is 12.6. The van der Waals surface area contributed by atoms with Gasteiger partial charge in [-0.3, -0.25) is 24.5 Å². The molecule has 2 heterocycles. The number of hydrogen-bond acceptors (Lipinski definition) is 9. The van der Waals surface area contributed by atoms with Gasteiger partial charge >= 0.3 is 0 Å². The zero-order valence-electron chi connectivity index (χ0n) is 17.6. The monoisotopic (exact) mass is 441 g/mol. The third-order valence-electron chi connectivity index (χ3n) is 5.09. The van der Waals surface area contributed by atoms with Gasteiger partial charge in [-0.05, 0) is 12.0 Å². The summed E-state index contributed by atoms with van der Waals surface area (Å²) in [5.41, 5.74) is 1.51. The molecule has 0 radical (unpaired) electrons. The zero-order chi connectivity index (χ0) is 23.3. The van der Waals surface area contributed by atoms with Gasteiger partial charge in [0.05, 0.1) is 18.8 Å². The molecule has 32 heavy (non-hydrogen) atoms. The van der Waals surface area contributed by atoms with Crippen molar-refractivity contribution in [3.05, 3.63) is 47.5 Å². The minimum Gasteiger partial charge on any atom is -0.392 e. The highest BCUT2D eigenvalue weighted by Crippen LogP contribution is 2.18. The van der Waals surface area contributed by atoms with Crippen LogP contribution < -0.4 is 5.32 Å². The fraction of sp³-hybridized carbons (Fsp3) is 0.333. The second kappa shape index (κ2) is 9.96. The summed E-state index contributed by atoms with van der Waals surface area (Å²) in [4.78, 5) is 54.4. The predicted octanol–water partition coefficient (Wildman–Crippen LogP) is 0.00710. The smallest absolute Gasteiger partial charge is 0.249 e. The SMILES string of the molecule is CN(Cc1nc(-c2ccc(CO)cc2)no1)/C(C=O)=C/C(=O)N(C)C1CCC(=O)NC1=O. The van der Waals surface area contributed by atoms with Crippen LogP contribution >= 0.6 is 0 Å². The van der Waals surface area contributed by atoms with E-state index < -0.39 is 17.9 Å². The van der Waals surface area contributed by atoms with Gasteiger partial charge in [0.2, 0.25) is 29.4 Å². The van der Waals surface area contributed by atoms with E-state index in [9.17, 15) is 19.2 Å². The summed E-state index contributed by atoms with van der Waals surface area (Å²) < 4.78 is 5.24. The first-order valence-corrected chi connectivity index (χ1v) is 9.83. The van der Waals surface area contributed by atoms with E-state index in [0.29, 0.717) is 17.7 Å². The average Bonchev–Trinajstić information content (AvgIpc) is 3.25. The summed E-state index contributed by atoms with van der Waals surface area (Å²) in [5.74, 6) is -0.893. The van der Waals surface area contributed by atoms with E-state index in [1.165, 1.54) is 16.8 Å². The van der Waals surface area contributed by atoms with Crippen molar-refractivity contribution in [3.63, 3.8) is 0 Å². The number of aldehydes is 1. The molecular formula is C21H23N5O6. The lowest BCUT2D eigenvalue weighted by Crippen LogP contribution is -2.52. The summed E-state index contributed by atoms with van der Waals surface area (Å²) in [6.07, 6.45) is 1.99. The molecule has 1 aromatic carbocycles. The van der Waals surface area contributed by atoms with E-state index in [2.05, 4.69) is 15.5 Å². The van der Waals surface area contributed by atoms with Crippen LogP contribution in [0.4, 0.5) is 0 Å². The first kappa shape index (κ1) is 22.8. The lowest BCUT2D eigenvalue weighted by Gasteiger charge is -2.29. The van der Waals surface area contributed by atoms with Crippen LogP contribution in [0.15, 0.2) is 40.6 Å². The molecule has 1 aliphatic heterocycles. The molecule has 0 aliphatic carbocycles. The average molecular weight is 441 g/mol. The Bertz CT molecular complexity index is 1050. The number of hydrogen-bond donors (Lipinski definition) is 2. The van der Waals surface area contributed by atoms with Gasteiger partial charge in [0.15, 0.2) is 6.29 Å². The Morgan fingerprint density at radius 3 is 2.62 bits per heavy atom. The number of aromatic nitrogens is 2. The number of nitrogens with one attached hydrogen (secondary N) is 1. The molecule has 3 rings (SSSR count). The molecular weight excluding hydrogens is 418 g/mol. The Balaban J connectivity index is 1.67. The Hall–Kier alpha value is -3.86. The highest BCUT2D eigenvalue weighted by molar-refractivity contribution is 6.03. The van der Waals surface area contributed by atoms with Gasteiger partial charge in [-0.1, -0.05) is 29.4 Å². The summed E-state index contributed by atoms with van der Waals surface area (Å²) in [6.45, 7) is 0.00252. The highest BCUT2D eigenvalue weighted by Gasteiger charge is 2.31. The second-order valence-electron chi connectivity index (χ2n) is 7.33. The predicted molar refractivity (Wildman–Crippen MR) is 110 cm³/mol.